The molecule has 4 heteroatoms. The minimum Gasteiger partial charge on any atom is -0.398 e. The Balaban J connectivity index is 1.85. The molecule has 3 rings (SSSR count). The molecule has 108 valence electrons. The topological polar surface area (TPSA) is 46.3 Å². The molecule has 0 bridgehead atoms. The van der Waals surface area contributed by atoms with Gasteiger partial charge >= 0.3 is 0 Å². The van der Waals surface area contributed by atoms with Crippen molar-refractivity contribution in [3.05, 3.63) is 58.6 Å². The molecule has 1 amide bonds. The number of nitrogen functional groups attached to an aromatic ring is 1. The Bertz CT molecular complexity index is 684. The summed E-state index contributed by atoms with van der Waals surface area (Å²) in [5, 5.41) is 0.656. The number of hydrogen-bond acceptors (Lipinski definition) is 2. The quantitative estimate of drug-likeness (QED) is 0.864. The Hall–Kier alpha value is -2.00. The summed E-state index contributed by atoms with van der Waals surface area (Å²) in [6.45, 7) is 0.746. The lowest BCUT2D eigenvalue weighted by Gasteiger charge is -2.30. The van der Waals surface area contributed by atoms with Gasteiger partial charge in [0.25, 0.3) is 0 Å². The first-order valence-corrected chi connectivity index (χ1v) is 7.45. The molecule has 0 radical (unpaired) electrons. The first kappa shape index (κ1) is 14.0. The van der Waals surface area contributed by atoms with Crippen molar-refractivity contribution in [2.24, 2.45) is 0 Å². The highest BCUT2D eigenvalue weighted by Crippen LogP contribution is 2.31. The van der Waals surface area contributed by atoms with Crippen molar-refractivity contribution in [2.75, 3.05) is 17.2 Å². The van der Waals surface area contributed by atoms with Crippen LogP contribution in [0.5, 0.6) is 0 Å². The van der Waals surface area contributed by atoms with Crippen molar-refractivity contribution in [2.45, 2.75) is 19.3 Å². The summed E-state index contributed by atoms with van der Waals surface area (Å²) in [4.78, 5) is 14.4. The van der Waals surface area contributed by atoms with Crippen LogP contribution in [-0.4, -0.2) is 12.5 Å². The lowest BCUT2D eigenvalue weighted by Crippen LogP contribution is -2.36. The largest absolute Gasteiger partial charge is 0.398 e. The Kier molecular flexibility index (Phi) is 3.84. The third-order valence-electron chi connectivity index (χ3n) is 3.83. The van der Waals surface area contributed by atoms with Crippen LogP contribution in [0.3, 0.4) is 0 Å². The van der Waals surface area contributed by atoms with Crippen LogP contribution in [0.4, 0.5) is 11.4 Å². The molecule has 2 aromatic carbocycles. The molecule has 0 aromatic heterocycles. The van der Waals surface area contributed by atoms with E-state index in [0.29, 0.717) is 11.4 Å². The Labute approximate surface area is 129 Å². The van der Waals surface area contributed by atoms with Crippen molar-refractivity contribution in [3.8, 4) is 0 Å². The van der Waals surface area contributed by atoms with E-state index < -0.39 is 0 Å². The second-order valence-electron chi connectivity index (χ2n) is 5.30. The SMILES string of the molecule is Nc1cccc2c1CCCN2C(=O)Cc1cccc(Cl)c1. The van der Waals surface area contributed by atoms with Gasteiger partial charge in [0.15, 0.2) is 0 Å². The average molecular weight is 301 g/mol. The number of carbonyl (C=O) groups excluding carboxylic acids is 1. The Morgan fingerprint density at radius 1 is 1.24 bits per heavy atom. The average Bonchev–Trinajstić information content (AvgIpc) is 2.47. The maximum Gasteiger partial charge on any atom is 0.231 e. The van der Waals surface area contributed by atoms with Gasteiger partial charge in [-0.3, -0.25) is 4.79 Å². The van der Waals surface area contributed by atoms with E-state index in [-0.39, 0.29) is 5.91 Å². The van der Waals surface area contributed by atoms with Gasteiger partial charge in [-0.1, -0.05) is 29.8 Å². The van der Waals surface area contributed by atoms with Gasteiger partial charge in [-0.2, -0.15) is 0 Å². The zero-order chi connectivity index (χ0) is 14.8. The van der Waals surface area contributed by atoms with E-state index in [4.69, 9.17) is 17.3 Å². The summed E-state index contributed by atoms with van der Waals surface area (Å²) in [7, 11) is 0. The fourth-order valence-electron chi connectivity index (χ4n) is 2.83. The lowest BCUT2D eigenvalue weighted by molar-refractivity contribution is -0.118. The monoisotopic (exact) mass is 300 g/mol. The van der Waals surface area contributed by atoms with Crippen LogP contribution in [0.15, 0.2) is 42.5 Å². The Morgan fingerprint density at radius 3 is 2.86 bits per heavy atom. The summed E-state index contributed by atoms with van der Waals surface area (Å²) < 4.78 is 0. The summed E-state index contributed by atoms with van der Waals surface area (Å²) in [6, 6.07) is 13.2. The highest BCUT2D eigenvalue weighted by molar-refractivity contribution is 6.30. The molecule has 3 nitrogen and oxygen atoms in total. The molecule has 21 heavy (non-hydrogen) atoms. The minimum absolute atomic E-state index is 0.0869. The van der Waals surface area contributed by atoms with E-state index in [1.54, 1.807) is 0 Å². The van der Waals surface area contributed by atoms with Crippen LogP contribution in [0.25, 0.3) is 0 Å². The molecule has 0 aliphatic carbocycles. The zero-order valence-corrected chi connectivity index (χ0v) is 12.4. The number of halogens is 1. The van der Waals surface area contributed by atoms with Crippen molar-refractivity contribution >= 4 is 28.9 Å². The number of fused-ring (bicyclic) bond motifs is 1. The van der Waals surface area contributed by atoms with Crippen LogP contribution >= 0.6 is 11.6 Å². The number of rotatable bonds is 2. The zero-order valence-electron chi connectivity index (χ0n) is 11.7. The molecule has 2 aromatic rings. The molecular formula is C17H17ClN2O. The molecule has 0 atom stereocenters. The number of benzene rings is 2. The van der Waals surface area contributed by atoms with E-state index in [2.05, 4.69) is 0 Å². The number of nitrogens with zero attached hydrogens (tertiary/aromatic N) is 1. The van der Waals surface area contributed by atoms with E-state index in [0.717, 1.165) is 41.9 Å². The lowest BCUT2D eigenvalue weighted by atomic mass is 9.99. The third kappa shape index (κ3) is 2.88. The molecule has 0 saturated heterocycles. The molecule has 0 saturated carbocycles. The first-order valence-electron chi connectivity index (χ1n) is 7.07. The number of carbonyl (C=O) groups is 1. The van der Waals surface area contributed by atoms with Crippen LogP contribution < -0.4 is 10.6 Å². The molecule has 1 heterocycles. The van der Waals surface area contributed by atoms with E-state index in [1.165, 1.54) is 0 Å². The maximum absolute atomic E-state index is 12.6. The molecule has 2 N–H and O–H groups in total. The van der Waals surface area contributed by atoms with Gasteiger partial charge in [0.05, 0.1) is 6.42 Å². The van der Waals surface area contributed by atoms with Crippen molar-refractivity contribution < 1.29 is 4.79 Å². The number of amides is 1. The normalized spacial score (nSPS) is 13.9. The number of hydrogen-bond donors (Lipinski definition) is 1. The van der Waals surface area contributed by atoms with Gasteiger partial charge in [-0.05, 0) is 48.2 Å². The van der Waals surface area contributed by atoms with E-state index in [9.17, 15) is 4.79 Å². The first-order chi connectivity index (χ1) is 10.1. The maximum atomic E-state index is 12.6. The van der Waals surface area contributed by atoms with E-state index in [1.807, 2.05) is 47.4 Å². The summed E-state index contributed by atoms with van der Waals surface area (Å²) in [6.07, 6.45) is 2.24. The fourth-order valence-corrected chi connectivity index (χ4v) is 3.04. The van der Waals surface area contributed by atoms with Gasteiger partial charge in [-0.15, -0.1) is 0 Å². The van der Waals surface area contributed by atoms with Crippen LogP contribution in [0.1, 0.15) is 17.5 Å². The highest BCUT2D eigenvalue weighted by atomic mass is 35.5. The van der Waals surface area contributed by atoms with Gasteiger partial charge in [0.2, 0.25) is 5.91 Å². The fraction of sp³-hybridized carbons (Fsp3) is 0.235. The van der Waals surface area contributed by atoms with Crippen LogP contribution in [-0.2, 0) is 17.6 Å². The second-order valence-corrected chi connectivity index (χ2v) is 5.74. The molecule has 0 fully saturated rings. The van der Waals surface area contributed by atoms with Crippen molar-refractivity contribution in [1.29, 1.82) is 0 Å². The molecular weight excluding hydrogens is 284 g/mol. The predicted octanol–water partition coefficient (Wildman–Crippen LogP) is 3.44. The van der Waals surface area contributed by atoms with Crippen LogP contribution in [0.2, 0.25) is 5.02 Å². The van der Waals surface area contributed by atoms with Gasteiger partial charge < -0.3 is 10.6 Å². The van der Waals surface area contributed by atoms with Crippen molar-refractivity contribution in [3.63, 3.8) is 0 Å². The molecule has 1 aliphatic heterocycles. The summed E-state index contributed by atoms with van der Waals surface area (Å²) in [5.74, 6) is 0.0869. The predicted molar refractivity (Wildman–Crippen MR) is 86.7 cm³/mol. The number of anilines is 2. The third-order valence-corrected chi connectivity index (χ3v) is 4.07. The summed E-state index contributed by atoms with van der Waals surface area (Å²) >= 11 is 5.97. The number of nitrogens with two attached hydrogens (primary N) is 1. The van der Waals surface area contributed by atoms with Crippen LogP contribution in [0, 0.1) is 0 Å². The van der Waals surface area contributed by atoms with E-state index >= 15 is 0 Å². The van der Waals surface area contributed by atoms with Crippen molar-refractivity contribution in [1.82, 2.24) is 0 Å². The smallest absolute Gasteiger partial charge is 0.231 e. The summed E-state index contributed by atoms with van der Waals surface area (Å²) in [5.41, 5.74) is 9.76. The molecule has 1 aliphatic rings. The van der Waals surface area contributed by atoms with Gasteiger partial charge in [0.1, 0.15) is 0 Å². The highest BCUT2D eigenvalue weighted by Gasteiger charge is 2.23. The van der Waals surface area contributed by atoms with Gasteiger partial charge in [-0.25, -0.2) is 0 Å². The minimum atomic E-state index is 0.0869. The Morgan fingerprint density at radius 2 is 2.05 bits per heavy atom. The second kappa shape index (κ2) is 5.78. The standard InChI is InChI=1S/C17H17ClN2O/c18-13-5-1-4-12(10-13)11-17(21)20-9-3-6-14-15(19)7-2-8-16(14)20/h1-2,4-5,7-8,10H,3,6,9,11,19H2. The molecule has 0 unspecified atom stereocenters. The van der Waals surface area contributed by atoms with Gasteiger partial charge in [0, 0.05) is 22.9 Å². The molecule has 0 spiro atoms.